The summed E-state index contributed by atoms with van der Waals surface area (Å²) in [5, 5.41) is 12.3. The number of nitrogens with zero attached hydrogens (tertiary/aromatic N) is 3. The van der Waals surface area contributed by atoms with Crippen molar-refractivity contribution in [3.63, 3.8) is 0 Å². The largest absolute Gasteiger partial charge is 0.495 e. The number of aromatic nitrogens is 2. The van der Waals surface area contributed by atoms with Gasteiger partial charge in [0.05, 0.1) is 61.3 Å². The van der Waals surface area contributed by atoms with E-state index in [0.717, 1.165) is 23.9 Å². The predicted molar refractivity (Wildman–Crippen MR) is 153 cm³/mol. The number of pyridine rings is 2. The maximum absolute atomic E-state index is 12.0. The number of ether oxygens (including phenoxy) is 3. The summed E-state index contributed by atoms with van der Waals surface area (Å²) in [5.41, 5.74) is 1.05. The molecule has 0 saturated carbocycles. The van der Waals surface area contributed by atoms with Crippen molar-refractivity contribution in [2.24, 2.45) is 0 Å². The topological polar surface area (TPSA) is 110 Å². The smallest absolute Gasteiger partial charge is 0.243 e. The van der Waals surface area contributed by atoms with E-state index in [4.69, 9.17) is 42.4 Å². The second-order valence-corrected chi connectivity index (χ2v) is 10.4. The van der Waals surface area contributed by atoms with Crippen molar-refractivity contribution in [1.82, 2.24) is 20.2 Å². The van der Waals surface area contributed by atoms with Gasteiger partial charge in [0.2, 0.25) is 5.91 Å². The van der Waals surface area contributed by atoms with Gasteiger partial charge in [0.1, 0.15) is 23.1 Å². The van der Waals surface area contributed by atoms with Gasteiger partial charge in [-0.1, -0.05) is 29.8 Å². The highest BCUT2D eigenvalue weighted by Crippen LogP contribution is 2.46. The number of methoxy groups -OCH3 is 2. The van der Waals surface area contributed by atoms with Crippen molar-refractivity contribution in [2.45, 2.75) is 18.1 Å². The molecule has 0 unspecified atom stereocenters. The Balaban J connectivity index is 1.55. The Hall–Kier alpha value is -3.31. The van der Waals surface area contributed by atoms with E-state index in [1.807, 2.05) is 19.2 Å². The highest BCUT2D eigenvalue weighted by Gasteiger charge is 2.32. The molecule has 1 aromatic carbocycles. The fourth-order valence-electron chi connectivity index (χ4n) is 4.81. The highest BCUT2D eigenvalue weighted by molar-refractivity contribution is 6.41. The summed E-state index contributed by atoms with van der Waals surface area (Å²) >= 11 is 13.4. The minimum Gasteiger partial charge on any atom is -0.495 e. The van der Waals surface area contributed by atoms with Crippen molar-refractivity contribution in [1.29, 1.82) is 0 Å². The van der Waals surface area contributed by atoms with E-state index in [1.165, 1.54) is 20.3 Å². The van der Waals surface area contributed by atoms with Crippen LogP contribution in [0.25, 0.3) is 22.0 Å². The van der Waals surface area contributed by atoms with Crippen molar-refractivity contribution in [2.75, 3.05) is 58.2 Å². The van der Waals surface area contributed by atoms with Crippen LogP contribution in [0.3, 0.4) is 0 Å². The fraction of sp³-hybridized carbons (Fsp3) is 0.370. The molecule has 12 heteroatoms. The van der Waals surface area contributed by atoms with Crippen LogP contribution < -0.4 is 25.4 Å². The lowest BCUT2D eigenvalue weighted by Gasteiger charge is -2.28. The molecule has 2 fully saturated rings. The third-order valence-corrected chi connectivity index (χ3v) is 7.62. The lowest BCUT2D eigenvalue weighted by molar-refractivity contribution is -0.117. The van der Waals surface area contributed by atoms with E-state index in [2.05, 4.69) is 32.4 Å². The van der Waals surface area contributed by atoms with Crippen LogP contribution in [0.15, 0.2) is 37.1 Å². The number of hydrogen-bond donors (Lipinski definition) is 3. The fourth-order valence-corrected chi connectivity index (χ4v) is 5.51. The number of hydrogen-bond acceptors (Lipinski definition) is 9. The molecule has 0 bridgehead atoms. The normalized spacial score (nSPS) is 19.4. The molecule has 2 saturated heterocycles. The zero-order chi connectivity index (χ0) is 27.7. The number of fused-ring (bicyclic) bond motifs is 1. The van der Waals surface area contributed by atoms with E-state index in [1.54, 1.807) is 12.3 Å². The number of halogens is 2. The first kappa shape index (κ1) is 27.3. The Bertz CT molecular complexity index is 1390. The maximum atomic E-state index is 12.0. The van der Waals surface area contributed by atoms with Crippen LogP contribution in [0.2, 0.25) is 10.0 Å². The Kier molecular flexibility index (Phi) is 7.99. The number of carbonyl (C=O) groups excluding carboxylic acids is 1. The Morgan fingerprint density at radius 2 is 1.79 bits per heavy atom. The molecular weight excluding hydrogens is 543 g/mol. The monoisotopic (exact) mass is 572 g/mol. The van der Waals surface area contributed by atoms with Gasteiger partial charge in [-0.3, -0.25) is 4.79 Å². The van der Waals surface area contributed by atoms with E-state index in [-0.39, 0.29) is 24.0 Å². The van der Waals surface area contributed by atoms with E-state index < -0.39 is 0 Å². The van der Waals surface area contributed by atoms with Crippen LogP contribution >= 0.6 is 23.2 Å². The number of benzene rings is 1. The first-order chi connectivity index (χ1) is 18.8. The first-order valence-corrected chi connectivity index (χ1v) is 13.2. The molecule has 2 atom stereocenters. The molecule has 5 rings (SSSR count). The number of nitrogens with one attached hydrogen (secondary N) is 3. The number of anilines is 2. The predicted octanol–water partition coefficient (Wildman–Crippen LogP) is 3.83. The molecule has 0 radical (unpaired) electrons. The third kappa shape index (κ3) is 5.56. The van der Waals surface area contributed by atoms with Crippen molar-refractivity contribution >= 4 is 51.5 Å². The molecule has 10 nitrogen and oxygen atoms in total. The van der Waals surface area contributed by atoms with Crippen LogP contribution in [0.1, 0.15) is 0 Å². The summed E-state index contributed by atoms with van der Waals surface area (Å²) in [6.45, 7) is 6.18. The molecule has 2 aliphatic heterocycles. The van der Waals surface area contributed by atoms with Gasteiger partial charge in [-0.25, -0.2) is 9.97 Å². The number of likely N-dealkylation sites (N-methyl/N-ethyl adjacent to an activating group) is 1. The standard InChI is InChI=1S/C27H30Cl2N6O4/c1-5-23(36)33-19-11-35(2)10-18(19)32-22-7-16-14(9-30-22)6-17(34-27(16)31-15-12-39-13-15)24-25(28)20(37-3)8-21(38-4)26(24)29/h5-9,15,18-19H,1,10-13H2,2-4H3,(H,30,32)(H,31,34)(H,33,36)/t18-,19+/m1/s1. The lowest BCUT2D eigenvalue weighted by atomic mass is 10.1. The van der Waals surface area contributed by atoms with Gasteiger partial charge >= 0.3 is 0 Å². The summed E-state index contributed by atoms with van der Waals surface area (Å²) < 4.78 is 16.3. The van der Waals surface area contributed by atoms with Crippen LogP contribution in [0, 0.1) is 0 Å². The summed E-state index contributed by atoms with van der Waals surface area (Å²) in [5.74, 6) is 1.96. The van der Waals surface area contributed by atoms with E-state index >= 15 is 0 Å². The Labute approximate surface area is 236 Å². The molecule has 4 heterocycles. The van der Waals surface area contributed by atoms with E-state index in [0.29, 0.717) is 57.7 Å². The molecular formula is C27H30Cl2N6O4. The van der Waals surface area contributed by atoms with Crippen molar-refractivity contribution < 1.29 is 19.0 Å². The Morgan fingerprint density at radius 3 is 2.41 bits per heavy atom. The molecule has 3 N–H and O–H groups in total. The molecule has 3 aromatic rings. The quantitative estimate of drug-likeness (QED) is 0.329. The molecule has 1 amide bonds. The van der Waals surface area contributed by atoms with Gasteiger partial charge in [0.25, 0.3) is 0 Å². The maximum Gasteiger partial charge on any atom is 0.243 e. The van der Waals surface area contributed by atoms with Gasteiger partial charge in [-0.2, -0.15) is 0 Å². The van der Waals surface area contributed by atoms with E-state index in [9.17, 15) is 4.79 Å². The second-order valence-electron chi connectivity index (χ2n) is 9.60. The average molecular weight is 573 g/mol. The first-order valence-electron chi connectivity index (χ1n) is 12.4. The zero-order valence-electron chi connectivity index (χ0n) is 21.9. The molecule has 0 aliphatic carbocycles. The van der Waals surface area contributed by atoms with Crippen LogP contribution in [0.5, 0.6) is 11.5 Å². The SMILES string of the molecule is C=CC(=O)N[C@H]1CN(C)C[C@H]1Nc1cc2c(NC3COC3)nc(-c3c(Cl)c(OC)cc(OC)c3Cl)cc2cn1. The average Bonchev–Trinajstić information content (AvgIpc) is 3.24. The summed E-state index contributed by atoms with van der Waals surface area (Å²) in [7, 11) is 5.08. The van der Waals surface area contributed by atoms with Gasteiger partial charge in [-0.15, -0.1) is 0 Å². The number of amides is 1. The Morgan fingerprint density at radius 1 is 1.10 bits per heavy atom. The summed E-state index contributed by atoms with van der Waals surface area (Å²) in [6.07, 6.45) is 3.06. The molecule has 206 valence electrons. The molecule has 0 spiro atoms. The second kappa shape index (κ2) is 11.4. The number of rotatable bonds is 9. The molecule has 39 heavy (non-hydrogen) atoms. The number of carbonyl (C=O) groups is 1. The minimum atomic E-state index is -0.203. The van der Waals surface area contributed by atoms with Crippen LogP contribution in [0.4, 0.5) is 11.6 Å². The summed E-state index contributed by atoms with van der Waals surface area (Å²) in [6, 6.07) is 5.48. The van der Waals surface area contributed by atoms with Crippen molar-refractivity contribution in [3.8, 4) is 22.8 Å². The van der Waals surface area contributed by atoms with Gasteiger partial charge in [0, 0.05) is 41.7 Å². The zero-order valence-corrected chi connectivity index (χ0v) is 23.4. The third-order valence-electron chi connectivity index (χ3n) is 6.87. The highest BCUT2D eigenvalue weighted by atomic mass is 35.5. The molecule has 2 aromatic heterocycles. The van der Waals surface area contributed by atoms with Gasteiger partial charge < -0.3 is 35.1 Å². The van der Waals surface area contributed by atoms with Crippen LogP contribution in [-0.2, 0) is 9.53 Å². The van der Waals surface area contributed by atoms with Crippen molar-refractivity contribution in [3.05, 3.63) is 47.1 Å². The molecule has 2 aliphatic rings. The van der Waals surface area contributed by atoms with Gasteiger partial charge in [0.15, 0.2) is 0 Å². The number of likely N-dealkylation sites (tertiary alicyclic amines) is 1. The summed E-state index contributed by atoms with van der Waals surface area (Å²) in [4.78, 5) is 23.7. The van der Waals surface area contributed by atoms with Gasteiger partial charge in [-0.05, 0) is 25.3 Å². The lowest BCUT2D eigenvalue weighted by Crippen LogP contribution is -2.45. The minimum absolute atomic E-state index is 0.0330. The van der Waals surface area contributed by atoms with Crippen LogP contribution in [-0.4, -0.2) is 86.5 Å².